The number of aromatic nitrogens is 2. The van der Waals surface area contributed by atoms with Crippen LogP contribution in [0.15, 0.2) is 22.9 Å². The molecule has 0 saturated heterocycles. The number of nitriles is 1. The second kappa shape index (κ2) is 4.75. The van der Waals surface area contributed by atoms with Gasteiger partial charge in [0.1, 0.15) is 17.5 Å². The molecule has 18 heavy (non-hydrogen) atoms. The van der Waals surface area contributed by atoms with Gasteiger partial charge >= 0.3 is 0 Å². The first-order valence-corrected chi connectivity index (χ1v) is 5.39. The lowest BCUT2D eigenvalue weighted by molar-refractivity contribution is 0.390. The zero-order valence-corrected chi connectivity index (χ0v) is 10.2. The molecule has 0 amide bonds. The van der Waals surface area contributed by atoms with Gasteiger partial charge in [0, 0.05) is 19.3 Å². The average molecular weight is 243 g/mol. The first kappa shape index (κ1) is 11.9. The molecule has 2 heterocycles. The van der Waals surface area contributed by atoms with Crippen molar-refractivity contribution in [2.24, 2.45) is 0 Å². The van der Waals surface area contributed by atoms with Crippen molar-refractivity contribution in [3.63, 3.8) is 0 Å². The predicted octanol–water partition coefficient (Wildman–Crippen LogP) is 1.47. The van der Waals surface area contributed by atoms with Crippen molar-refractivity contribution in [2.75, 3.05) is 17.7 Å². The van der Waals surface area contributed by atoms with Gasteiger partial charge in [-0.1, -0.05) is 5.16 Å². The molecule has 0 aromatic carbocycles. The third-order valence-electron chi connectivity index (χ3n) is 2.53. The number of pyridine rings is 1. The smallest absolute Gasteiger partial charge is 0.153 e. The Morgan fingerprint density at radius 3 is 2.94 bits per heavy atom. The SMILES string of the molecule is Cc1cc(CN(C)c2nccc(C#N)c2N)no1. The molecule has 0 saturated carbocycles. The Bertz CT molecular complexity index is 599. The number of hydrogen-bond acceptors (Lipinski definition) is 6. The molecule has 6 nitrogen and oxygen atoms in total. The summed E-state index contributed by atoms with van der Waals surface area (Å²) in [6.45, 7) is 2.35. The minimum atomic E-state index is 0.378. The van der Waals surface area contributed by atoms with Crippen LogP contribution in [0.4, 0.5) is 11.5 Å². The molecular formula is C12H13N5O. The second-order valence-electron chi connectivity index (χ2n) is 3.99. The third-order valence-corrected chi connectivity index (χ3v) is 2.53. The molecule has 0 unspecified atom stereocenters. The van der Waals surface area contributed by atoms with Crippen LogP contribution in [-0.4, -0.2) is 17.2 Å². The molecule has 0 atom stereocenters. The fourth-order valence-electron chi connectivity index (χ4n) is 1.67. The van der Waals surface area contributed by atoms with Gasteiger partial charge in [-0.3, -0.25) is 0 Å². The summed E-state index contributed by atoms with van der Waals surface area (Å²) in [6, 6.07) is 5.47. The summed E-state index contributed by atoms with van der Waals surface area (Å²) in [7, 11) is 1.84. The lowest BCUT2D eigenvalue weighted by Gasteiger charge is -2.18. The van der Waals surface area contributed by atoms with E-state index in [-0.39, 0.29) is 0 Å². The summed E-state index contributed by atoms with van der Waals surface area (Å²) in [6.07, 6.45) is 1.56. The van der Waals surface area contributed by atoms with Crippen molar-refractivity contribution >= 4 is 11.5 Å². The molecule has 0 radical (unpaired) electrons. The Balaban J connectivity index is 2.24. The number of aryl methyl sites for hydroxylation is 1. The van der Waals surface area contributed by atoms with Crippen LogP contribution in [0.5, 0.6) is 0 Å². The summed E-state index contributed by atoms with van der Waals surface area (Å²) < 4.78 is 5.00. The Kier molecular flexibility index (Phi) is 3.15. The summed E-state index contributed by atoms with van der Waals surface area (Å²) >= 11 is 0. The Morgan fingerprint density at radius 2 is 2.33 bits per heavy atom. The van der Waals surface area contributed by atoms with Gasteiger partial charge in [-0.15, -0.1) is 0 Å². The van der Waals surface area contributed by atoms with E-state index in [1.165, 1.54) is 0 Å². The first-order chi connectivity index (χ1) is 8.61. The van der Waals surface area contributed by atoms with Crippen LogP contribution in [-0.2, 0) is 6.54 Å². The van der Waals surface area contributed by atoms with E-state index in [0.29, 0.717) is 23.6 Å². The lowest BCUT2D eigenvalue weighted by Crippen LogP contribution is -2.19. The van der Waals surface area contributed by atoms with Crippen molar-refractivity contribution in [3.8, 4) is 6.07 Å². The number of nitrogens with zero attached hydrogens (tertiary/aromatic N) is 4. The van der Waals surface area contributed by atoms with Gasteiger partial charge in [-0.2, -0.15) is 5.26 Å². The molecule has 0 spiro atoms. The second-order valence-corrected chi connectivity index (χ2v) is 3.99. The Labute approximate surface area is 105 Å². The van der Waals surface area contributed by atoms with Crippen molar-refractivity contribution < 1.29 is 4.52 Å². The molecule has 0 aliphatic heterocycles. The van der Waals surface area contributed by atoms with Gasteiger partial charge in [0.15, 0.2) is 5.82 Å². The molecule has 2 aromatic rings. The molecule has 92 valence electrons. The molecule has 6 heteroatoms. The van der Waals surface area contributed by atoms with E-state index in [2.05, 4.69) is 10.1 Å². The molecule has 0 aliphatic rings. The van der Waals surface area contributed by atoms with E-state index in [4.69, 9.17) is 15.5 Å². The third kappa shape index (κ3) is 2.25. The van der Waals surface area contributed by atoms with Gasteiger partial charge in [-0.25, -0.2) is 4.98 Å². The molecule has 2 rings (SSSR count). The zero-order chi connectivity index (χ0) is 13.1. The monoisotopic (exact) mass is 243 g/mol. The fourth-order valence-corrected chi connectivity index (χ4v) is 1.67. The Morgan fingerprint density at radius 1 is 1.56 bits per heavy atom. The van der Waals surface area contributed by atoms with Crippen molar-refractivity contribution in [2.45, 2.75) is 13.5 Å². The highest BCUT2D eigenvalue weighted by atomic mass is 16.5. The summed E-state index contributed by atoms with van der Waals surface area (Å²) in [4.78, 5) is 6.01. The van der Waals surface area contributed by atoms with Crippen LogP contribution in [0.3, 0.4) is 0 Å². The zero-order valence-electron chi connectivity index (χ0n) is 10.2. The summed E-state index contributed by atoms with van der Waals surface area (Å²) in [5, 5.41) is 12.8. The van der Waals surface area contributed by atoms with Crippen molar-refractivity contribution in [1.82, 2.24) is 10.1 Å². The van der Waals surface area contributed by atoms with Crippen LogP contribution >= 0.6 is 0 Å². The van der Waals surface area contributed by atoms with Crippen LogP contribution in [0.2, 0.25) is 0 Å². The van der Waals surface area contributed by atoms with Crippen molar-refractivity contribution in [1.29, 1.82) is 5.26 Å². The maximum Gasteiger partial charge on any atom is 0.153 e. The van der Waals surface area contributed by atoms with Crippen LogP contribution in [0.1, 0.15) is 17.0 Å². The van der Waals surface area contributed by atoms with E-state index in [1.807, 2.05) is 31.0 Å². The number of rotatable bonds is 3. The Hall–Kier alpha value is -2.55. The number of nitrogens with two attached hydrogens (primary N) is 1. The summed E-state index contributed by atoms with van der Waals surface area (Å²) in [5.74, 6) is 1.32. The maximum absolute atomic E-state index is 8.91. The highest BCUT2D eigenvalue weighted by molar-refractivity contribution is 5.69. The van der Waals surface area contributed by atoms with Gasteiger partial charge in [0.05, 0.1) is 17.8 Å². The maximum atomic E-state index is 8.91. The van der Waals surface area contributed by atoms with E-state index < -0.39 is 0 Å². The average Bonchev–Trinajstić information content (AvgIpc) is 2.75. The highest BCUT2D eigenvalue weighted by Crippen LogP contribution is 2.23. The number of hydrogen-bond donors (Lipinski definition) is 1. The van der Waals surface area contributed by atoms with Crippen LogP contribution in [0.25, 0.3) is 0 Å². The molecule has 2 N–H and O–H groups in total. The molecular weight excluding hydrogens is 230 g/mol. The minimum Gasteiger partial charge on any atom is -0.395 e. The van der Waals surface area contributed by atoms with Gasteiger partial charge < -0.3 is 15.2 Å². The minimum absolute atomic E-state index is 0.378. The predicted molar refractivity (Wildman–Crippen MR) is 66.7 cm³/mol. The highest BCUT2D eigenvalue weighted by Gasteiger charge is 2.12. The van der Waals surface area contributed by atoms with E-state index in [0.717, 1.165) is 11.5 Å². The fraction of sp³-hybridized carbons (Fsp3) is 0.250. The first-order valence-electron chi connectivity index (χ1n) is 5.39. The summed E-state index contributed by atoms with van der Waals surface area (Å²) in [5.41, 5.74) is 7.47. The van der Waals surface area contributed by atoms with Crippen molar-refractivity contribution in [3.05, 3.63) is 35.3 Å². The van der Waals surface area contributed by atoms with Gasteiger partial charge in [0.25, 0.3) is 0 Å². The van der Waals surface area contributed by atoms with Crippen LogP contribution in [0, 0.1) is 18.3 Å². The quantitative estimate of drug-likeness (QED) is 0.877. The van der Waals surface area contributed by atoms with Gasteiger partial charge in [0.2, 0.25) is 0 Å². The normalized spacial score (nSPS) is 10.1. The number of nitrogen functional groups attached to an aromatic ring is 1. The number of anilines is 2. The topological polar surface area (TPSA) is 92.0 Å². The molecule has 0 aliphatic carbocycles. The van der Waals surface area contributed by atoms with E-state index in [1.54, 1.807) is 12.3 Å². The molecule has 2 aromatic heterocycles. The van der Waals surface area contributed by atoms with E-state index in [9.17, 15) is 0 Å². The largest absolute Gasteiger partial charge is 0.395 e. The molecule has 0 bridgehead atoms. The van der Waals surface area contributed by atoms with Crippen LogP contribution < -0.4 is 10.6 Å². The molecule has 0 fully saturated rings. The standard InChI is InChI=1S/C12H13N5O/c1-8-5-10(16-18-8)7-17(2)12-11(14)9(6-13)3-4-15-12/h3-5H,7,14H2,1-2H3. The lowest BCUT2D eigenvalue weighted by atomic mass is 10.2. The van der Waals surface area contributed by atoms with Gasteiger partial charge in [-0.05, 0) is 13.0 Å². The van der Waals surface area contributed by atoms with E-state index >= 15 is 0 Å².